The molecule has 2 aromatic rings. The normalized spacial score (nSPS) is 10.5. The topological polar surface area (TPSA) is 96.6 Å². The number of para-hydroxylation sites is 1. The molecule has 7 nitrogen and oxygen atoms in total. The van der Waals surface area contributed by atoms with E-state index in [1.165, 1.54) is 30.5 Å². The highest BCUT2D eigenvalue weighted by molar-refractivity contribution is 6.33. The number of hydrazone groups is 1. The van der Waals surface area contributed by atoms with E-state index in [0.717, 1.165) is 0 Å². The predicted molar refractivity (Wildman–Crippen MR) is 88.8 cm³/mol. The van der Waals surface area contributed by atoms with Crippen LogP contribution >= 0.6 is 11.6 Å². The lowest BCUT2D eigenvalue weighted by molar-refractivity contribution is -0.384. The number of anilines is 1. The summed E-state index contributed by atoms with van der Waals surface area (Å²) in [6.45, 7) is 0.0152. The number of benzene rings is 2. The number of halogens is 1. The Balaban J connectivity index is 1.82. The van der Waals surface area contributed by atoms with E-state index in [4.69, 9.17) is 11.6 Å². The number of carbonyl (C=O) groups excluding carboxylic acids is 1. The maximum Gasteiger partial charge on any atom is 0.269 e. The molecular weight excluding hydrogens is 320 g/mol. The standard InChI is InChI=1S/C15H13ClN4O3/c16-13-3-1-2-4-14(13)17-10-15(21)19-18-9-11-5-7-12(8-6-11)20(22)23/h1-9,17H,10H2,(H,19,21)/b18-9-. The molecule has 0 atom stereocenters. The van der Waals surface area contributed by atoms with Gasteiger partial charge in [0.1, 0.15) is 0 Å². The van der Waals surface area contributed by atoms with Gasteiger partial charge in [-0.1, -0.05) is 23.7 Å². The van der Waals surface area contributed by atoms with E-state index in [-0.39, 0.29) is 18.1 Å². The van der Waals surface area contributed by atoms with Crippen molar-refractivity contribution in [3.05, 3.63) is 69.2 Å². The number of nitrogens with one attached hydrogen (secondary N) is 2. The third-order valence-electron chi connectivity index (χ3n) is 2.82. The molecule has 0 spiro atoms. The number of rotatable bonds is 6. The van der Waals surface area contributed by atoms with E-state index in [1.54, 1.807) is 24.3 Å². The highest BCUT2D eigenvalue weighted by Crippen LogP contribution is 2.19. The Hall–Kier alpha value is -2.93. The van der Waals surface area contributed by atoms with Crippen LogP contribution in [0.25, 0.3) is 0 Å². The van der Waals surface area contributed by atoms with Crippen LogP contribution < -0.4 is 10.7 Å². The fourth-order valence-corrected chi connectivity index (χ4v) is 1.88. The lowest BCUT2D eigenvalue weighted by atomic mass is 10.2. The van der Waals surface area contributed by atoms with Crippen LogP contribution in [-0.4, -0.2) is 23.6 Å². The molecule has 8 heteroatoms. The maximum atomic E-state index is 11.6. The van der Waals surface area contributed by atoms with Crippen LogP contribution in [0.5, 0.6) is 0 Å². The number of non-ortho nitro benzene ring substituents is 1. The minimum absolute atomic E-state index is 0.00451. The smallest absolute Gasteiger partial charge is 0.269 e. The Morgan fingerprint density at radius 2 is 1.91 bits per heavy atom. The SMILES string of the molecule is O=C(CNc1ccccc1Cl)N/N=C\c1ccc([N+](=O)[O-])cc1. The molecule has 0 radical (unpaired) electrons. The fraction of sp³-hybridized carbons (Fsp3) is 0.0667. The third kappa shape index (κ3) is 5.08. The van der Waals surface area contributed by atoms with Crippen molar-refractivity contribution in [3.63, 3.8) is 0 Å². The summed E-state index contributed by atoms with van der Waals surface area (Å²) in [6.07, 6.45) is 1.40. The number of nitro benzene ring substituents is 1. The molecule has 0 aliphatic carbocycles. The first kappa shape index (κ1) is 16.4. The van der Waals surface area contributed by atoms with Crippen LogP contribution in [0.4, 0.5) is 11.4 Å². The van der Waals surface area contributed by atoms with Crippen molar-refractivity contribution in [1.29, 1.82) is 0 Å². The monoisotopic (exact) mass is 332 g/mol. The van der Waals surface area contributed by atoms with Crippen molar-refractivity contribution in [3.8, 4) is 0 Å². The van der Waals surface area contributed by atoms with Gasteiger partial charge in [-0.25, -0.2) is 5.43 Å². The van der Waals surface area contributed by atoms with Crippen LogP contribution in [-0.2, 0) is 4.79 Å². The summed E-state index contributed by atoms with van der Waals surface area (Å²) in [7, 11) is 0. The lowest BCUT2D eigenvalue weighted by Crippen LogP contribution is -2.25. The average molecular weight is 333 g/mol. The number of nitro groups is 1. The summed E-state index contributed by atoms with van der Waals surface area (Å²) in [4.78, 5) is 21.7. The average Bonchev–Trinajstić information content (AvgIpc) is 2.54. The van der Waals surface area contributed by atoms with E-state index in [0.29, 0.717) is 16.3 Å². The van der Waals surface area contributed by atoms with Crippen molar-refractivity contribution in [1.82, 2.24) is 5.43 Å². The fourth-order valence-electron chi connectivity index (χ4n) is 1.68. The molecule has 0 unspecified atom stereocenters. The molecule has 0 bridgehead atoms. The molecule has 0 fully saturated rings. The first-order chi connectivity index (χ1) is 11.1. The number of hydrogen-bond donors (Lipinski definition) is 2. The minimum atomic E-state index is -0.483. The third-order valence-corrected chi connectivity index (χ3v) is 3.15. The van der Waals surface area contributed by atoms with E-state index in [9.17, 15) is 14.9 Å². The van der Waals surface area contributed by atoms with Crippen molar-refractivity contribution in [2.24, 2.45) is 5.10 Å². The second-order valence-corrected chi connectivity index (χ2v) is 4.88. The zero-order valence-corrected chi connectivity index (χ0v) is 12.7. The second kappa shape index (κ2) is 7.90. The maximum absolute atomic E-state index is 11.6. The Labute approximate surface area is 137 Å². The first-order valence-electron chi connectivity index (χ1n) is 6.61. The van der Waals surface area contributed by atoms with Crippen LogP contribution in [0.3, 0.4) is 0 Å². The molecule has 0 saturated heterocycles. The number of hydrogen-bond acceptors (Lipinski definition) is 5. The van der Waals surface area contributed by atoms with Crippen molar-refractivity contribution in [2.75, 3.05) is 11.9 Å². The van der Waals surface area contributed by atoms with Crippen LogP contribution in [0.1, 0.15) is 5.56 Å². The minimum Gasteiger partial charge on any atom is -0.375 e. The van der Waals surface area contributed by atoms with Crippen LogP contribution in [0.2, 0.25) is 5.02 Å². The van der Waals surface area contributed by atoms with Crippen molar-refractivity contribution < 1.29 is 9.72 Å². The van der Waals surface area contributed by atoms with Gasteiger partial charge in [0.15, 0.2) is 0 Å². The van der Waals surface area contributed by atoms with Gasteiger partial charge in [0, 0.05) is 12.1 Å². The van der Waals surface area contributed by atoms with E-state index >= 15 is 0 Å². The Morgan fingerprint density at radius 1 is 1.22 bits per heavy atom. The molecule has 0 aliphatic heterocycles. The summed E-state index contributed by atoms with van der Waals surface area (Å²) in [5.74, 6) is -0.344. The summed E-state index contributed by atoms with van der Waals surface area (Å²) >= 11 is 5.96. The van der Waals surface area contributed by atoms with Crippen LogP contribution in [0.15, 0.2) is 53.6 Å². The lowest BCUT2D eigenvalue weighted by Gasteiger charge is -2.06. The first-order valence-corrected chi connectivity index (χ1v) is 6.99. The molecule has 2 aromatic carbocycles. The van der Waals surface area contributed by atoms with Gasteiger partial charge in [-0.3, -0.25) is 14.9 Å². The molecule has 0 aliphatic rings. The van der Waals surface area contributed by atoms with Gasteiger partial charge in [-0.15, -0.1) is 0 Å². The van der Waals surface area contributed by atoms with Gasteiger partial charge in [-0.2, -0.15) is 5.10 Å². The van der Waals surface area contributed by atoms with E-state index in [2.05, 4.69) is 15.8 Å². The van der Waals surface area contributed by atoms with Gasteiger partial charge < -0.3 is 5.32 Å². The molecule has 0 heterocycles. The summed E-state index contributed by atoms with van der Waals surface area (Å²) in [6, 6.07) is 12.9. The number of nitrogens with zero attached hydrogens (tertiary/aromatic N) is 2. The molecule has 23 heavy (non-hydrogen) atoms. The van der Waals surface area contributed by atoms with E-state index < -0.39 is 4.92 Å². The largest absolute Gasteiger partial charge is 0.375 e. The number of carbonyl (C=O) groups is 1. The van der Waals surface area contributed by atoms with Crippen LogP contribution in [0, 0.1) is 10.1 Å². The highest BCUT2D eigenvalue weighted by atomic mass is 35.5. The highest BCUT2D eigenvalue weighted by Gasteiger charge is 2.03. The predicted octanol–water partition coefficient (Wildman–Crippen LogP) is 2.81. The molecular formula is C15H13ClN4O3. The van der Waals surface area contributed by atoms with E-state index in [1.807, 2.05) is 0 Å². The zero-order valence-electron chi connectivity index (χ0n) is 11.9. The van der Waals surface area contributed by atoms with Gasteiger partial charge in [0.05, 0.1) is 28.4 Å². The molecule has 2 N–H and O–H groups in total. The summed E-state index contributed by atoms with van der Waals surface area (Å²) < 4.78 is 0. The van der Waals surface area contributed by atoms with Gasteiger partial charge in [0.2, 0.25) is 0 Å². The Bertz CT molecular complexity index is 732. The van der Waals surface area contributed by atoms with Crippen molar-refractivity contribution in [2.45, 2.75) is 0 Å². The quantitative estimate of drug-likeness (QED) is 0.483. The van der Waals surface area contributed by atoms with Crippen molar-refractivity contribution >= 4 is 35.1 Å². The Morgan fingerprint density at radius 3 is 2.57 bits per heavy atom. The zero-order chi connectivity index (χ0) is 16.7. The molecule has 118 valence electrons. The van der Waals surface area contributed by atoms with Gasteiger partial charge in [0.25, 0.3) is 11.6 Å². The summed E-state index contributed by atoms with van der Waals surface area (Å²) in [5.41, 5.74) is 3.64. The molecule has 0 aromatic heterocycles. The summed E-state index contributed by atoms with van der Waals surface area (Å²) in [5, 5.41) is 17.7. The molecule has 2 rings (SSSR count). The van der Waals surface area contributed by atoms with Gasteiger partial charge in [-0.05, 0) is 29.8 Å². The molecule has 0 saturated carbocycles. The second-order valence-electron chi connectivity index (χ2n) is 4.48. The Kier molecular flexibility index (Phi) is 5.65. The van der Waals surface area contributed by atoms with Gasteiger partial charge >= 0.3 is 0 Å². The number of amides is 1. The molecule has 1 amide bonds.